The number of rotatable bonds is 2. The van der Waals surface area contributed by atoms with E-state index in [0.717, 1.165) is 30.4 Å². The summed E-state index contributed by atoms with van der Waals surface area (Å²) < 4.78 is 11.1. The van der Waals surface area contributed by atoms with E-state index >= 15 is 0 Å². The van der Waals surface area contributed by atoms with Crippen molar-refractivity contribution in [2.24, 2.45) is 5.92 Å². The van der Waals surface area contributed by atoms with Crippen LogP contribution in [-0.4, -0.2) is 18.3 Å². The summed E-state index contributed by atoms with van der Waals surface area (Å²) in [7, 11) is 0. The summed E-state index contributed by atoms with van der Waals surface area (Å²) in [6.45, 7) is 1.43. The molecular formula is C14H16O3. The molecule has 2 unspecified atom stereocenters. The van der Waals surface area contributed by atoms with Gasteiger partial charge in [-0.2, -0.15) is 0 Å². The van der Waals surface area contributed by atoms with Crippen LogP contribution in [-0.2, 0) is 4.74 Å². The zero-order valence-corrected chi connectivity index (χ0v) is 9.63. The number of aliphatic hydroxyl groups excluding tert-OH is 1. The molecule has 1 aliphatic heterocycles. The van der Waals surface area contributed by atoms with Crippen LogP contribution in [0.1, 0.15) is 24.7 Å². The average molecular weight is 232 g/mol. The molecule has 90 valence electrons. The van der Waals surface area contributed by atoms with Gasteiger partial charge in [0.25, 0.3) is 0 Å². The largest absolute Gasteiger partial charge is 0.458 e. The van der Waals surface area contributed by atoms with E-state index in [1.54, 1.807) is 0 Å². The first-order chi connectivity index (χ1) is 8.34. The van der Waals surface area contributed by atoms with Gasteiger partial charge in [-0.05, 0) is 25.0 Å². The lowest BCUT2D eigenvalue weighted by Crippen LogP contribution is -2.23. The summed E-state index contributed by atoms with van der Waals surface area (Å²) in [6, 6.07) is 9.74. The number of ether oxygens (including phenoxy) is 1. The summed E-state index contributed by atoms with van der Waals surface area (Å²) in [6.07, 6.45) is 1.46. The quantitative estimate of drug-likeness (QED) is 0.865. The monoisotopic (exact) mass is 232 g/mol. The van der Waals surface area contributed by atoms with Gasteiger partial charge in [-0.3, -0.25) is 0 Å². The van der Waals surface area contributed by atoms with Gasteiger partial charge in [0.05, 0.1) is 6.61 Å². The molecule has 3 rings (SSSR count). The topological polar surface area (TPSA) is 42.6 Å². The van der Waals surface area contributed by atoms with Gasteiger partial charge in [0.15, 0.2) is 0 Å². The highest BCUT2D eigenvalue weighted by atomic mass is 16.5. The second kappa shape index (κ2) is 4.51. The highest BCUT2D eigenvalue weighted by molar-refractivity contribution is 5.77. The Kier molecular flexibility index (Phi) is 2.87. The van der Waals surface area contributed by atoms with Crippen molar-refractivity contribution in [1.82, 2.24) is 0 Å². The smallest absolute Gasteiger partial charge is 0.134 e. The lowest BCUT2D eigenvalue weighted by atomic mass is 9.94. The van der Waals surface area contributed by atoms with Crippen LogP contribution in [0.5, 0.6) is 0 Å². The van der Waals surface area contributed by atoms with Gasteiger partial charge in [0.1, 0.15) is 17.4 Å². The Morgan fingerprint density at radius 2 is 2.18 bits per heavy atom. The summed E-state index contributed by atoms with van der Waals surface area (Å²) >= 11 is 0. The van der Waals surface area contributed by atoms with Crippen LogP contribution in [0.25, 0.3) is 11.0 Å². The standard InChI is InChI=1S/C14H16O3/c15-14(11-5-3-7-16-9-11)13-8-10-4-1-2-6-12(10)17-13/h1-2,4,6,8,11,14-15H,3,5,7,9H2. The zero-order chi connectivity index (χ0) is 11.7. The molecule has 17 heavy (non-hydrogen) atoms. The number of hydrogen-bond donors (Lipinski definition) is 1. The fourth-order valence-electron chi connectivity index (χ4n) is 2.40. The van der Waals surface area contributed by atoms with Crippen LogP contribution < -0.4 is 0 Å². The molecule has 1 aromatic carbocycles. The van der Waals surface area contributed by atoms with Crippen LogP contribution >= 0.6 is 0 Å². The number of aliphatic hydroxyl groups is 1. The van der Waals surface area contributed by atoms with E-state index in [1.807, 2.05) is 30.3 Å². The molecule has 0 saturated carbocycles. The Labute approximate surface area is 100.0 Å². The average Bonchev–Trinajstić information content (AvgIpc) is 2.82. The molecule has 3 nitrogen and oxygen atoms in total. The van der Waals surface area contributed by atoms with Crippen molar-refractivity contribution in [3.63, 3.8) is 0 Å². The number of para-hydroxylation sites is 1. The highest BCUT2D eigenvalue weighted by Gasteiger charge is 2.26. The minimum absolute atomic E-state index is 0.157. The summed E-state index contributed by atoms with van der Waals surface area (Å²) in [5.74, 6) is 0.811. The van der Waals surface area contributed by atoms with E-state index in [4.69, 9.17) is 9.15 Å². The van der Waals surface area contributed by atoms with Gasteiger partial charge in [-0.15, -0.1) is 0 Å². The van der Waals surface area contributed by atoms with Crippen molar-refractivity contribution >= 4 is 11.0 Å². The lowest BCUT2D eigenvalue weighted by molar-refractivity contribution is -0.0173. The Bertz CT molecular complexity index is 464. The van der Waals surface area contributed by atoms with Gasteiger partial charge in [0, 0.05) is 17.9 Å². The van der Waals surface area contributed by atoms with E-state index < -0.39 is 6.10 Å². The van der Waals surface area contributed by atoms with Crippen molar-refractivity contribution in [3.8, 4) is 0 Å². The number of furan rings is 1. The molecule has 0 radical (unpaired) electrons. The normalized spacial score (nSPS) is 22.8. The number of fused-ring (bicyclic) bond motifs is 1. The molecule has 1 aromatic heterocycles. The Hall–Kier alpha value is -1.32. The predicted molar refractivity (Wildman–Crippen MR) is 64.7 cm³/mol. The third kappa shape index (κ3) is 2.08. The number of benzene rings is 1. The first kappa shape index (κ1) is 10.8. The van der Waals surface area contributed by atoms with E-state index in [2.05, 4.69) is 0 Å². The second-order valence-corrected chi connectivity index (χ2v) is 4.61. The maximum atomic E-state index is 10.3. The predicted octanol–water partition coefficient (Wildman–Crippen LogP) is 2.89. The van der Waals surface area contributed by atoms with E-state index in [0.29, 0.717) is 12.4 Å². The fourth-order valence-corrected chi connectivity index (χ4v) is 2.40. The van der Waals surface area contributed by atoms with Gasteiger partial charge >= 0.3 is 0 Å². The van der Waals surface area contributed by atoms with Crippen LogP contribution in [0.15, 0.2) is 34.7 Å². The van der Waals surface area contributed by atoms with Crippen LogP contribution in [0, 0.1) is 5.92 Å². The molecule has 1 aliphatic rings. The lowest BCUT2D eigenvalue weighted by Gasteiger charge is -2.25. The molecule has 2 heterocycles. The van der Waals surface area contributed by atoms with Gasteiger partial charge in [-0.25, -0.2) is 0 Å². The molecular weight excluding hydrogens is 216 g/mol. The van der Waals surface area contributed by atoms with Crippen molar-refractivity contribution in [3.05, 3.63) is 36.1 Å². The zero-order valence-electron chi connectivity index (χ0n) is 9.63. The second-order valence-electron chi connectivity index (χ2n) is 4.61. The number of hydrogen-bond acceptors (Lipinski definition) is 3. The van der Waals surface area contributed by atoms with Crippen molar-refractivity contribution in [2.75, 3.05) is 13.2 Å². The molecule has 0 bridgehead atoms. The Morgan fingerprint density at radius 3 is 2.94 bits per heavy atom. The van der Waals surface area contributed by atoms with Gasteiger partial charge < -0.3 is 14.3 Å². The van der Waals surface area contributed by atoms with Crippen LogP contribution in [0.4, 0.5) is 0 Å². The maximum absolute atomic E-state index is 10.3. The highest BCUT2D eigenvalue weighted by Crippen LogP contribution is 2.32. The molecule has 1 N–H and O–H groups in total. The van der Waals surface area contributed by atoms with Crippen LogP contribution in [0.2, 0.25) is 0 Å². The van der Waals surface area contributed by atoms with E-state index in [1.165, 1.54) is 0 Å². The molecule has 2 atom stereocenters. The molecule has 0 spiro atoms. The third-order valence-electron chi connectivity index (χ3n) is 3.38. The minimum atomic E-state index is -0.553. The van der Waals surface area contributed by atoms with Gasteiger partial charge in [-0.1, -0.05) is 18.2 Å². The van der Waals surface area contributed by atoms with Gasteiger partial charge in [0.2, 0.25) is 0 Å². The fraction of sp³-hybridized carbons (Fsp3) is 0.429. The molecule has 1 saturated heterocycles. The summed E-state index contributed by atoms with van der Waals surface area (Å²) in [5, 5.41) is 11.3. The van der Waals surface area contributed by atoms with E-state index in [-0.39, 0.29) is 5.92 Å². The molecule has 2 aromatic rings. The third-order valence-corrected chi connectivity index (χ3v) is 3.38. The maximum Gasteiger partial charge on any atom is 0.134 e. The summed E-state index contributed by atoms with van der Waals surface area (Å²) in [5.41, 5.74) is 0.832. The van der Waals surface area contributed by atoms with E-state index in [9.17, 15) is 5.11 Å². The Morgan fingerprint density at radius 1 is 1.29 bits per heavy atom. The Balaban J connectivity index is 1.86. The molecule has 1 fully saturated rings. The van der Waals surface area contributed by atoms with Crippen molar-refractivity contribution < 1.29 is 14.3 Å². The molecule has 0 aliphatic carbocycles. The minimum Gasteiger partial charge on any atom is -0.458 e. The SMILES string of the molecule is OC(c1cc2ccccc2o1)C1CCCOC1. The summed E-state index contributed by atoms with van der Waals surface area (Å²) in [4.78, 5) is 0. The van der Waals surface area contributed by atoms with Crippen molar-refractivity contribution in [2.45, 2.75) is 18.9 Å². The van der Waals surface area contributed by atoms with Crippen molar-refractivity contribution in [1.29, 1.82) is 0 Å². The van der Waals surface area contributed by atoms with Crippen LogP contribution in [0.3, 0.4) is 0 Å². The first-order valence-corrected chi connectivity index (χ1v) is 6.09. The molecule has 3 heteroatoms. The first-order valence-electron chi connectivity index (χ1n) is 6.09. The molecule has 0 amide bonds.